The highest BCUT2D eigenvalue weighted by Crippen LogP contribution is 2.25. The van der Waals surface area contributed by atoms with Gasteiger partial charge in [-0.1, -0.05) is 56.6 Å². The van der Waals surface area contributed by atoms with Crippen LogP contribution in [0.4, 0.5) is 0 Å². The summed E-state index contributed by atoms with van der Waals surface area (Å²) >= 11 is 5.73. The van der Waals surface area contributed by atoms with Crippen molar-refractivity contribution < 1.29 is 4.74 Å². The molecule has 0 spiro atoms. The predicted octanol–water partition coefficient (Wildman–Crippen LogP) is 4.23. The van der Waals surface area contributed by atoms with Gasteiger partial charge in [-0.2, -0.15) is 0 Å². The average molecular weight is 453 g/mol. The number of rotatable bonds is 7. The molecule has 0 atom stereocenters. The largest absolute Gasteiger partial charge is 0.477 e. The van der Waals surface area contributed by atoms with Gasteiger partial charge < -0.3 is 4.74 Å². The van der Waals surface area contributed by atoms with Gasteiger partial charge in [-0.25, -0.2) is 24.5 Å². The van der Waals surface area contributed by atoms with Gasteiger partial charge in [0.1, 0.15) is 11.0 Å². The summed E-state index contributed by atoms with van der Waals surface area (Å²) in [6, 6.07) is 9.75. The molecule has 1 N–H and O–H groups in total. The molecule has 3 heterocycles. The molecule has 0 saturated carbocycles. The number of nitrogens with one attached hydrogen (secondary N) is 1. The molecule has 0 amide bonds. The third kappa shape index (κ3) is 5.13. The topological polar surface area (TPSA) is 98.1 Å². The molecule has 0 fully saturated rings. The number of hydrogen-bond acceptors (Lipinski definition) is 6. The van der Waals surface area contributed by atoms with Crippen LogP contribution in [0, 0.1) is 0 Å². The zero-order valence-electron chi connectivity index (χ0n) is 18.3. The fourth-order valence-corrected chi connectivity index (χ4v) is 3.42. The third-order valence-corrected chi connectivity index (χ3v) is 5.27. The molecule has 1 aromatic carbocycles. The zero-order valence-corrected chi connectivity index (χ0v) is 19.1. The van der Waals surface area contributed by atoms with Crippen LogP contribution < -0.4 is 10.3 Å². The molecular weight excluding hydrogens is 428 g/mol. The van der Waals surface area contributed by atoms with Crippen molar-refractivity contribution in [2.75, 3.05) is 6.61 Å². The Kier molecular flexibility index (Phi) is 6.23. The zero-order chi connectivity index (χ0) is 22.7. The fourth-order valence-electron chi connectivity index (χ4n) is 3.32. The van der Waals surface area contributed by atoms with Crippen LogP contribution in [0.2, 0.25) is 5.15 Å². The highest BCUT2D eigenvalue weighted by molar-refractivity contribution is 6.29. The lowest BCUT2D eigenvalue weighted by atomic mass is 9.87. The van der Waals surface area contributed by atoms with Gasteiger partial charge >= 0.3 is 0 Å². The molecule has 0 saturated heterocycles. The number of aryl methyl sites for hydroxylation is 1. The van der Waals surface area contributed by atoms with Crippen LogP contribution in [-0.2, 0) is 11.8 Å². The number of fused-ring (bicyclic) bond motifs is 1. The van der Waals surface area contributed by atoms with Crippen LogP contribution in [0.3, 0.4) is 0 Å². The van der Waals surface area contributed by atoms with Crippen LogP contribution in [0.5, 0.6) is 5.88 Å². The van der Waals surface area contributed by atoms with E-state index in [0.29, 0.717) is 35.5 Å². The van der Waals surface area contributed by atoms with Crippen LogP contribution in [0.1, 0.15) is 45.0 Å². The molecule has 166 valence electrons. The number of hydrogen-bond donors (Lipinski definition) is 1. The number of aromatic amines is 1. The molecule has 0 aliphatic carbocycles. The van der Waals surface area contributed by atoms with E-state index in [1.165, 1.54) is 24.0 Å². The van der Waals surface area contributed by atoms with E-state index in [2.05, 4.69) is 53.0 Å². The van der Waals surface area contributed by atoms with Crippen molar-refractivity contribution in [2.45, 2.75) is 45.4 Å². The SMILES string of the molecule is CC(C)(C)c1ccc(-c2nc(CCCCOc3cnc(Cl)cn3)n3[nH]c(=O)cc3n2)cc1. The van der Waals surface area contributed by atoms with E-state index < -0.39 is 0 Å². The van der Waals surface area contributed by atoms with Crippen LogP contribution in [0.15, 0.2) is 47.5 Å². The number of halogens is 1. The number of benzene rings is 1. The molecule has 0 radical (unpaired) electrons. The van der Waals surface area contributed by atoms with Crippen molar-refractivity contribution >= 4 is 17.2 Å². The molecular formula is C23H25ClN6O2. The van der Waals surface area contributed by atoms with Gasteiger partial charge in [0.05, 0.1) is 19.0 Å². The van der Waals surface area contributed by atoms with E-state index in [1.807, 2.05) is 12.1 Å². The first-order chi connectivity index (χ1) is 15.3. The monoisotopic (exact) mass is 452 g/mol. The van der Waals surface area contributed by atoms with Gasteiger partial charge in [0.2, 0.25) is 5.88 Å². The number of unbranched alkanes of at least 4 members (excludes halogenated alkanes) is 1. The first-order valence-corrected chi connectivity index (χ1v) is 10.9. The summed E-state index contributed by atoms with van der Waals surface area (Å²) in [6.07, 6.45) is 5.21. The molecule has 0 unspecified atom stereocenters. The van der Waals surface area contributed by atoms with Crippen molar-refractivity contribution in [1.82, 2.24) is 29.5 Å². The summed E-state index contributed by atoms with van der Waals surface area (Å²) < 4.78 is 7.25. The van der Waals surface area contributed by atoms with Gasteiger partial charge in [0.15, 0.2) is 11.5 Å². The quantitative estimate of drug-likeness (QED) is 0.421. The molecule has 0 aliphatic rings. The van der Waals surface area contributed by atoms with Gasteiger partial charge in [0.25, 0.3) is 5.56 Å². The second-order valence-electron chi connectivity index (χ2n) is 8.59. The molecule has 3 aromatic heterocycles. The Morgan fingerprint density at radius 3 is 2.53 bits per heavy atom. The summed E-state index contributed by atoms with van der Waals surface area (Å²) in [5.74, 6) is 1.79. The van der Waals surface area contributed by atoms with E-state index in [4.69, 9.17) is 21.3 Å². The molecule has 32 heavy (non-hydrogen) atoms. The highest BCUT2D eigenvalue weighted by atomic mass is 35.5. The molecule has 4 aromatic rings. The molecule has 0 aliphatic heterocycles. The molecule has 9 heteroatoms. The lowest BCUT2D eigenvalue weighted by Crippen LogP contribution is -2.11. The summed E-state index contributed by atoms with van der Waals surface area (Å²) in [5, 5.41) is 3.11. The minimum Gasteiger partial charge on any atom is -0.477 e. The second kappa shape index (κ2) is 9.08. The molecule has 8 nitrogen and oxygen atoms in total. The standard InChI is InChI=1S/C23H25ClN6O2/c1-23(2,3)16-9-7-15(8-10-16)22-27-18(30-19(28-22)12-20(31)29-30)6-4-5-11-32-21-14-25-17(24)13-26-21/h7-10,12-14H,4-6,11H2,1-3H3,(H,29,31). The third-order valence-electron chi connectivity index (χ3n) is 5.08. The predicted molar refractivity (Wildman–Crippen MR) is 123 cm³/mol. The molecule has 4 rings (SSSR count). The summed E-state index contributed by atoms with van der Waals surface area (Å²) in [5.41, 5.74) is 2.58. The Morgan fingerprint density at radius 2 is 1.84 bits per heavy atom. The second-order valence-corrected chi connectivity index (χ2v) is 8.97. The van der Waals surface area contributed by atoms with Crippen molar-refractivity contribution in [3.63, 3.8) is 0 Å². The summed E-state index contributed by atoms with van der Waals surface area (Å²) in [7, 11) is 0. The minimum absolute atomic E-state index is 0.0715. The van der Waals surface area contributed by atoms with Gasteiger partial charge in [-0.3, -0.25) is 9.89 Å². The number of ether oxygens (including phenoxy) is 1. The number of H-pyrrole nitrogens is 1. The Morgan fingerprint density at radius 1 is 1.06 bits per heavy atom. The maximum Gasteiger partial charge on any atom is 0.266 e. The number of nitrogens with zero attached hydrogens (tertiary/aromatic N) is 5. The van der Waals surface area contributed by atoms with E-state index in [9.17, 15) is 4.79 Å². The van der Waals surface area contributed by atoms with Gasteiger partial charge in [-0.15, -0.1) is 0 Å². The van der Waals surface area contributed by atoms with Crippen molar-refractivity contribution in [3.8, 4) is 17.3 Å². The number of aromatic nitrogens is 6. The lowest BCUT2D eigenvalue weighted by molar-refractivity contribution is 0.293. The fraction of sp³-hybridized carbons (Fsp3) is 0.348. The minimum atomic E-state index is -0.203. The van der Waals surface area contributed by atoms with Crippen molar-refractivity contribution in [3.05, 3.63) is 69.6 Å². The Bertz CT molecular complexity index is 1260. The average Bonchev–Trinajstić information content (AvgIpc) is 3.14. The maximum atomic E-state index is 11.9. The summed E-state index contributed by atoms with van der Waals surface area (Å²) in [4.78, 5) is 29.2. The van der Waals surface area contributed by atoms with E-state index >= 15 is 0 Å². The smallest absolute Gasteiger partial charge is 0.266 e. The Balaban J connectivity index is 1.48. The van der Waals surface area contributed by atoms with Crippen molar-refractivity contribution in [1.29, 1.82) is 0 Å². The van der Waals surface area contributed by atoms with Crippen LogP contribution in [0.25, 0.3) is 17.0 Å². The summed E-state index contributed by atoms with van der Waals surface area (Å²) in [6.45, 7) is 7.03. The normalized spacial score (nSPS) is 11.8. The van der Waals surface area contributed by atoms with Gasteiger partial charge in [-0.05, 0) is 23.8 Å². The van der Waals surface area contributed by atoms with Crippen LogP contribution in [-0.4, -0.2) is 36.2 Å². The Hall–Kier alpha value is -3.26. The highest BCUT2D eigenvalue weighted by Gasteiger charge is 2.15. The van der Waals surface area contributed by atoms with Crippen molar-refractivity contribution in [2.24, 2.45) is 0 Å². The lowest BCUT2D eigenvalue weighted by Gasteiger charge is -2.19. The van der Waals surface area contributed by atoms with E-state index in [0.717, 1.165) is 24.2 Å². The van der Waals surface area contributed by atoms with Crippen LogP contribution >= 0.6 is 11.6 Å². The first kappa shape index (κ1) is 22.0. The van der Waals surface area contributed by atoms with E-state index in [-0.39, 0.29) is 11.0 Å². The maximum absolute atomic E-state index is 11.9. The first-order valence-electron chi connectivity index (χ1n) is 10.5. The Labute approximate surface area is 190 Å². The van der Waals surface area contributed by atoms with E-state index in [1.54, 1.807) is 4.52 Å². The molecule has 0 bridgehead atoms. The van der Waals surface area contributed by atoms with Gasteiger partial charge in [0, 0.05) is 18.1 Å².